The molecule has 0 radical (unpaired) electrons. The molecular weight excluding hydrogens is 244 g/mol. The normalized spacial score (nSPS) is 12.3. The summed E-state index contributed by atoms with van der Waals surface area (Å²) in [5, 5.41) is 0. The first-order valence-corrected chi connectivity index (χ1v) is 7.42. The minimum absolute atomic E-state index is 0.136. The Labute approximate surface area is 116 Å². The maximum Gasteiger partial charge on any atom is 0.309 e. The van der Waals surface area contributed by atoms with Gasteiger partial charge in [-0.1, -0.05) is 26.7 Å². The molecule has 0 N–H and O–H groups in total. The fourth-order valence-electron chi connectivity index (χ4n) is 2.38. The minimum Gasteiger partial charge on any atom is -0.466 e. The molecule has 4 nitrogen and oxygen atoms in total. The molecule has 0 amide bonds. The molecule has 0 aliphatic heterocycles. The molecule has 0 aromatic carbocycles. The van der Waals surface area contributed by atoms with E-state index >= 15 is 0 Å². The number of ether oxygens (including phenoxy) is 2. The molecular formula is C15H28O4. The molecule has 0 rings (SSSR count). The first kappa shape index (κ1) is 17.9. The quantitative estimate of drug-likeness (QED) is 0.572. The summed E-state index contributed by atoms with van der Waals surface area (Å²) < 4.78 is 10.1. The Bertz CT molecular complexity index is 257. The van der Waals surface area contributed by atoms with Crippen molar-refractivity contribution in [3.05, 3.63) is 0 Å². The molecule has 0 bridgehead atoms. The zero-order valence-corrected chi connectivity index (χ0v) is 12.7. The van der Waals surface area contributed by atoms with Crippen LogP contribution in [0.4, 0.5) is 0 Å². The summed E-state index contributed by atoms with van der Waals surface area (Å²) in [7, 11) is 0. The van der Waals surface area contributed by atoms with Crippen molar-refractivity contribution < 1.29 is 19.1 Å². The third-order valence-electron chi connectivity index (χ3n) is 3.17. The largest absolute Gasteiger partial charge is 0.466 e. The first-order chi connectivity index (χ1) is 9.10. The van der Waals surface area contributed by atoms with Crippen LogP contribution in [-0.4, -0.2) is 25.2 Å². The van der Waals surface area contributed by atoms with Gasteiger partial charge in [-0.2, -0.15) is 0 Å². The van der Waals surface area contributed by atoms with Crippen LogP contribution in [0.3, 0.4) is 0 Å². The summed E-state index contributed by atoms with van der Waals surface area (Å²) in [5.41, 5.74) is 0. The van der Waals surface area contributed by atoms with Gasteiger partial charge in [0.2, 0.25) is 0 Å². The van der Waals surface area contributed by atoms with E-state index in [9.17, 15) is 9.59 Å². The van der Waals surface area contributed by atoms with Gasteiger partial charge in [0.1, 0.15) is 0 Å². The van der Waals surface area contributed by atoms with Crippen molar-refractivity contribution in [1.29, 1.82) is 0 Å². The van der Waals surface area contributed by atoms with Crippen LogP contribution in [0.2, 0.25) is 0 Å². The Morgan fingerprint density at radius 1 is 0.895 bits per heavy atom. The van der Waals surface area contributed by atoms with Gasteiger partial charge in [0.05, 0.1) is 25.6 Å². The van der Waals surface area contributed by atoms with Gasteiger partial charge in [0.25, 0.3) is 0 Å². The Morgan fingerprint density at radius 3 is 1.84 bits per heavy atom. The van der Waals surface area contributed by atoms with E-state index in [1.807, 2.05) is 0 Å². The second-order valence-corrected chi connectivity index (χ2v) is 4.71. The first-order valence-electron chi connectivity index (χ1n) is 7.42. The van der Waals surface area contributed by atoms with E-state index in [-0.39, 0.29) is 30.2 Å². The molecule has 1 unspecified atom stereocenters. The lowest BCUT2D eigenvalue weighted by molar-refractivity contribution is -0.157. The third kappa shape index (κ3) is 7.19. The van der Waals surface area contributed by atoms with Crippen LogP contribution in [-0.2, 0) is 19.1 Å². The average molecular weight is 272 g/mol. The van der Waals surface area contributed by atoms with Crippen molar-refractivity contribution in [3.63, 3.8) is 0 Å². The van der Waals surface area contributed by atoms with Crippen molar-refractivity contribution in [3.8, 4) is 0 Å². The summed E-state index contributed by atoms with van der Waals surface area (Å²) in [5.74, 6) is -0.724. The number of hydrogen-bond donors (Lipinski definition) is 0. The van der Waals surface area contributed by atoms with E-state index in [1.54, 1.807) is 13.8 Å². The summed E-state index contributed by atoms with van der Waals surface area (Å²) in [6.07, 6.45) is 4.03. The number of rotatable bonds is 10. The molecule has 0 aromatic rings. The maximum atomic E-state index is 12.0. The van der Waals surface area contributed by atoms with Crippen molar-refractivity contribution in [2.75, 3.05) is 13.2 Å². The molecule has 0 aromatic heterocycles. The number of carbonyl (C=O) groups excluding carboxylic acids is 2. The van der Waals surface area contributed by atoms with Gasteiger partial charge < -0.3 is 9.47 Å². The lowest BCUT2D eigenvalue weighted by atomic mass is 9.83. The van der Waals surface area contributed by atoms with Gasteiger partial charge in [-0.05, 0) is 32.6 Å². The van der Waals surface area contributed by atoms with Crippen molar-refractivity contribution in [1.82, 2.24) is 0 Å². The molecule has 19 heavy (non-hydrogen) atoms. The zero-order chi connectivity index (χ0) is 14.7. The molecule has 0 heterocycles. The molecule has 0 saturated heterocycles. The standard InChI is InChI=1S/C15H28O4/c1-5-9-12(10-6-2)13(15(17)19-8-4)11-14(16)18-7-3/h12-13H,5-11H2,1-4H3. The molecule has 112 valence electrons. The van der Waals surface area contributed by atoms with Crippen LogP contribution in [0.25, 0.3) is 0 Å². The van der Waals surface area contributed by atoms with Gasteiger partial charge in [-0.3, -0.25) is 9.59 Å². The minimum atomic E-state index is -0.362. The fraction of sp³-hybridized carbons (Fsp3) is 0.867. The van der Waals surface area contributed by atoms with Crippen molar-refractivity contribution in [2.45, 2.75) is 59.8 Å². The Kier molecular flexibility index (Phi) is 10.2. The summed E-state index contributed by atoms with van der Waals surface area (Å²) in [4.78, 5) is 23.7. The molecule has 0 aliphatic carbocycles. The number of esters is 2. The van der Waals surface area contributed by atoms with E-state index < -0.39 is 0 Å². The summed E-state index contributed by atoms with van der Waals surface area (Å²) >= 11 is 0. The molecule has 0 fully saturated rings. The Balaban J connectivity index is 4.78. The number of hydrogen-bond acceptors (Lipinski definition) is 4. The van der Waals surface area contributed by atoms with E-state index in [0.717, 1.165) is 25.7 Å². The predicted octanol–water partition coefficient (Wildman–Crippen LogP) is 3.34. The lowest BCUT2D eigenvalue weighted by Crippen LogP contribution is -2.29. The van der Waals surface area contributed by atoms with Gasteiger partial charge >= 0.3 is 11.9 Å². The molecule has 0 saturated carbocycles. The van der Waals surface area contributed by atoms with Crippen LogP contribution >= 0.6 is 0 Å². The molecule has 0 spiro atoms. The molecule has 1 atom stereocenters. The van der Waals surface area contributed by atoms with E-state index in [0.29, 0.717) is 13.2 Å². The summed E-state index contributed by atoms with van der Waals surface area (Å²) in [6.45, 7) is 8.44. The highest BCUT2D eigenvalue weighted by molar-refractivity contribution is 5.80. The molecule has 4 heteroatoms. The van der Waals surface area contributed by atoms with Gasteiger partial charge in [-0.15, -0.1) is 0 Å². The highest BCUT2D eigenvalue weighted by Gasteiger charge is 2.31. The van der Waals surface area contributed by atoms with Gasteiger partial charge in [0.15, 0.2) is 0 Å². The van der Waals surface area contributed by atoms with Crippen LogP contribution in [0, 0.1) is 11.8 Å². The molecule has 0 aliphatic rings. The SMILES string of the molecule is CCCC(CCC)C(CC(=O)OCC)C(=O)OCC. The monoisotopic (exact) mass is 272 g/mol. The third-order valence-corrected chi connectivity index (χ3v) is 3.17. The highest BCUT2D eigenvalue weighted by atomic mass is 16.5. The topological polar surface area (TPSA) is 52.6 Å². The maximum absolute atomic E-state index is 12.0. The van der Waals surface area contributed by atoms with Gasteiger partial charge in [-0.25, -0.2) is 0 Å². The Morgan fingerprint density at radius 2 is 1.42 bits per heavy atom. The highest BCUT2D eigenvalue weighted by Crippen LogP contribution is 2.27. The van der Waals surface area contributed by atoms with E-state index in [1.165, 1.54) is 0 Å². The number of carbonyl (C=O) groups is 2. The summed E-state index contributed by atoms with van der Waals surface area (Å²) in [6, 6.07) is 0. The van der Waals surface area contributed by atoms with Crippen LogP contribution in [0.1, 0.15) is 59.8 Å². The lowest BCUT2D eigenvalue weighted by Gasteiger charge is -2.24. The van der Waals surface area contributed by atoms with Crippen LogP contribution < -0.4 is 0 Å². The predicted molar refractivity (Wildman–Crippen MR) is 74.7 cm³/mol. The van der Waals surface area contributed by atoms with E-state index in [4.69, 9.17) is 9.47 Å². The second kappa shape index (κ2) is 10.8. The zero-order valence-electron chi connectivity index (χ0n) is 12.7. The Hall–Kier alpha value is -1.06. The fourth-order valence-corrected chi connectivity index (χ4v) is 2.38. The van der Waals surface area contributed by atoms with Crippen molar-refractivity contribution in [2.24, 2.45) is 11.8 Å². The van der Waals surface area contributed by atoms with E-state index in [2.05, 4.69) is 13.8 Å². The van der Waals surface area contributed by atoms with Crippen LogP contribution in [0.5, 0.6) is 0 Å². The van der Waals surface area contributed by atoms with Crippen molar-refractivity contribution >= 4 is 11.9 Å². The average Bonchev–Trinajstić information content (AvgIpc) is 2.36. The van der Waals surface area contributed by atoms with Crippen LogP contribution in [0.15, 0.2) is 0 Å². The smallest absolute Gasteiger partial charge is 0.309 e. The second-order valence-electron chi connectivity index (χ2n) is 4.71. The van der Waals surface area contributed by atoms with Gasteiger partial charge in [0, 0.05) is 0 Å².